The van der Waals surface area contributed by atoms with Crippen LogP contribution in [0.25, 0.3) is 0 Å². The van der Waals surface area contributed by atoms with Crippen molar-refractivity contribution < 1.29 is 9.21 Å². The molecule has 1 saturated heterocycles. The van der Waals surface area contributed by atoms with Crippen molar-refractivity contribution in [2.75, 3.05) is 38.6 Å². The van der Waals surface area contributed by atoms with Gasteiger partial charge in [0, 0.05) is 31.7 Å². The Labute approximate surface area is 140 Å². The predicted molar refractivity (Wildman–Crippen MR) is 88.8 cm³/mol. The van der Waals surface area contributed by atoms with Crippen LogP contribution in [0.2, 0.25) is 0 Å². The highest BCUT2D eigenvalue weighted by molar-refractivity contribution is 5.92. The third-order valence-corrected chi connectivity index (χ3v) is 4.20. The number of aromatic nitrogens is 3. The number of carbonyl (C=O) groups is 1. The standard InChI is InChI=1S/C16H22N6O2/c1-11-15(24-10-19-11)16(23)20-13-8-22(7-12(13)6-21(2)3)14-4-5-17-9-18-14/h4-5,9-10,12-13H,6-8H2,1-3H3,(H,20,23)/t12-,13-/m1/s1. The van der Waals surface area contributed by atoms with E-state index >= 15 is 0 Å². The molecular formula is C16H22N6O2. The Morgan fingerprint density at radius 2 is 2.25 bits per heavy atom. The third-order valence-electron chi connectivity index (χ3n) is 4.20. The van der Waals surface area contributed by atoms with Crippen molar-refractivity contribution >= 4 is 11.7 Å². The molecule has 8 nitrogen and oxygen atoms in total. The second-order valence-electron chi connectivity index (χ2n) is 6.34. The number of oxazole rings is 1. The highest BCUT2D eigenvalue weighted by Gasteiger charge is 2.35. The minimum Gasteiger partial charge on any atom is -0.438 e. The molecule has 0 unspecified atom stereocenters. The van der Waals surface area contributed by atoms with E-state index in [-0.39, 0.29) is 17.7 Å². The van der Waals surface area contributed by atoms with Gasteiger partial charge in [-0.05, 0) is 27.1 Å². The second kappa shape index (κ2) is 6.96. The van der Waals surface area contributed by atoms with Gasteiger partial charge in [0.1, 0.15) is 12.1 Å². The first kappa shape index (κ1) is 16.4. The van der Waals surface area contributed by atoms with Crippen LogP contribution in [0.5, 0.6) is 0 Å². The summed E-state index contributed by atoms with van der Waals surface area (Å²) in [4.78, 5) is 29.0. The lowest BCUT2D eigenvalue weighted by Crippen LogP contribution is -2.43. The summed E-state index contributed by atoms with van der Waals surface area (Å²) in [6.45, 7) is 4.17. The van der Waals surface area contributed by atoms with Gasteiger partial charge in [-0.15, -0.1) is 0 Å². The predicted octanol–water partition coefficient (Wildman–Crippen LogP) is 0.569. The topological polar surface area (TPSA) is 87.4 Å². The molecular weight excluding hydrogens is 308 g/mol. The summed E-state index contributed by atoms with van der Waals surface area (Å²) in [7, 11) is 4.07. The first-order chi connectivity index (χ1) is 11.5. The molecule has 2 aromatic heterocycles. The molecule has 3 rings (SSSR count). The molecule has 1 amide bonds. The zero-order chi connectivity index (χ0) is 17.1. The molecule has 0 saturated carbocycles. The zero-order valence-corrected chi connectivity index (χ0v) is 14.1. The maximum absolute atomic E-state index is 12.5. The summed E-state index contributed by atoms with van der Waals surface area (Å²) in [6, 6.07) is 1.90. The van der Waals surface area contributed by atoms with Gasteiger partial charge in [-0.3, -0.25) is 4.79 Å². The highest BCUT2D eigenvalue weighted by atomic mass is 16.3. The molecule has 2 aromatic rings. The fourth-order valence-corrected chi connectivity index (χ4v) is 3.10. The lowest BCUT2D eigenvalue weighted by molar-refractivity contribution is 0.0899. The molecule has 8 heteroatoms. The average molecular weight is 330 g/mol. The van der Waals surface area contributed by atoms with Crippen LogP contribution >= 0.6 is 0 Å². The molecule has 0 aromatic carbocycles. The monoisotopic (exact) mass is 330 g/mol. The van der Waals surface area contributed by atoms with Crippen LogP contribution in [0.15, 0.2) is 29.4 Å². The average Bonchev–Trinajstić information content (AvgIpc) is 3.14. The second-order valence-corrected chi connectivity index (χ2v) is 6.34. The summed E-state index contributed by atoms with van der Waals surface area (Å²) in [6.07, 6.45) is 4.57. The van der Waals surface area contributed by atoms with Gasteiger partial charge in [-0.2, -0.15) is 0 Å². The van der Waals surface area contributed by atoms with Gasteiger partial charge in [-0.1, -0.05) is 0 Å². The van der Waals surface area contributed by atoms with Crippen LogP contribution in [0.1, 0.15) is 16.2 Å². The number of hydrogen-bond acceptors (Lipinski definition) is 7. The molecule has 3 heterocycles. The first-order valence-electron chi connectivity index (χ1n) is 7.91. The molecule has 0 aliphatic carbocycles. The van der Waals surface area contributed by atoms with Crippen molar-refractivity contribution in [3.8, 4) is 0 Å². The largest absolute Gasteiger partial charge is 0.438 e. The number of aryl methyl sites for hydroxylation is 1. The van der Waals surface area contributed by atoms with Gasteiger partial charge >= 0.3 is 0 Å². The Hall–Kier alpha value is -2.48. The van der Waals surface area contributed by atoms with E-state index < -0.39 is 0 Å². The summed E-state index contributed by atoms with van der Waals surface area (Å²) in [5.41, 5.74) is 0.599. The maximum Gasteiger partial charge on any atom is 0.289 e. The number of nitrogens with one attached hydrogen (secondary N) is 1. The molecule has 0 spiro atoms. The summed E-state index contributed by atoms with van der Waals surface area (Å²) in [5, 5.41) is 3.09. The normalized spacial score (nSPS) is 20.6. The quantitative estimate of drug-likeness (QED) is 0.857. The van der Waals surface area contributed by atoms with Gasteiger partial charge < -0.3 is 19.5 Å². The lowest BCUT2D eigenvalue weighted by atomic mass is 10.0. The minimum atomic E-state index is -0.219. The van der Waals surface area contributed by atoms with Crippen LogP contribution in [0.3, 0.4) is 0 Å². The fraction of sp³-hybridized carbons (Fsp3) is 0.500. The highest BCUT2D eigenvalue weighted by Crippen LogP contribution is 2.23. The molecule has 1 aliphatic rings. The van der Waals surface area contributed by atoms with E-state index in [1.54, 1.807) is 19.4 Å². The van der Waals surface area contributed by atoms with Crippen LogP contribution in [0.4, 0.5) is 5.82 Å². The van der Waals surface area contributed by atoms with Gasteiger partial charge in [0.05, 0.1) is 11.7 Å². The third kappa shape index (κ3) is 3.53. The van der Waals surface area contributed by atoms with Crippen molar-refractivity contribution in [2.24, 2.45) is 5.92 Å². The minimum absolute atomic E-state index is 0.0133. The number of nitrogens with zero attached hydrogens (tertiary/aromatic N) is 5. The molecule has 1 aliphatic heterocycles. The van der Waals surface area contributed by atoms with Crippen molar-refractivity contribution in [3.63, 3.8) is 0 Å². The molecule has 24 heavy (non-hydrogen) atoms. The maximum atomic E-state index is 12.5. The Kier molecular flexibility index (Phi) is 4.75. The SMILES string of the molecule is Cc1ncoc1C(=O)N[C@@H]1CN(c2ccncn2)C[C@H]1CN(C)C. The van der Waals surface area contributed by atoms with Gasteiger partial charge in [0.25, 0.3) is 5.91 Å². The van der Waals surface area contributed by atoms with E-state index in [0.717, 1.165) is 18.9 Å². The van der Waals surface area contributed by atoms with Crippen molar-refractivity contribution in [1.29, 1.82) is 0 Å². The van der Waals surface area contributed by atoms with Gasteiger partial charge in [-0.25, -0.2) is 15.0 Å². The van der Waals surface area contributed by atoms with E-state index in [0.29, 0.717) is 18.2 Å². The lowest BCUT2D eigenvalue weighted by Gasteiger charge is -2.22. The van der Waals surface area contributed by atoms with Crippen LogP contribution in [-0.4, -0.2) is 65.5 Å². The summed E-state index contributed by atoms with van der Waals surface area (Å²) < 4.78 is 5.20. The smallest absolute Gasteiger partial charge is 0.289 e. The zero-order valence-electron chi connectivity index (χ0n) is 14.1. The summed E-state index contributed by atoms with van der Waals surface area (Å²) >= 11 is 0. The molecule has 2 atom stereocenters. The van der Waals surface area contributed by atoms with Crippen molar-refractivity contribution in [2.45, 2.75) is 13.0 Å². The Bertz CT molecular complexity index is 687. The molecule has 1 fully saturated rings. The van der Waals surface area contributed by atoms with E-state index in [1.807, 2.05) is 20.2 Å². The first-order valence-corrected chi connectivity index (χ1v) is 7.91. The molecule has 128 valence electrons. The van der Waals surface area contributed by atoms with E-state index in [4.69, 9.17) is 4.42 Å². The van der Waals surface area contributed by atoms with E-state index in [2.05, 4.69) is 30.1 Å². The molecule has 0 radical (unpaired) electrons. The van der Waals surface area contributed by atoms with Gasteiger partial charge in [0.2, 0.25) is 5.76 Å². The number of carbonyl (C=O) groups excluding carboxylic acids is 1. The van der Waals surface area contributed by atoms with Crippen LogP contribution in [0, 0.1) is 12.8 Å². The van der Waals surface area contributed by atoms with E-state index in [9.17, 15) is 4.79 Å². The van der Waals surface area contributed by atoms with Crippen molar-refractivity contribution in [3.05, 3.63) is 36.4 Å². The number of anilines is 1. The summed E-state index contributed by atoms with van der Waals surface area (Å²) in [5.74, 6) is 1.23. The Morgan fingerprint density at radius 1 is 1.42 bits per heavy atom. The number of rotatable bonds is 5. The van der Waals surface area contributed by atoms with Crippen molar-refractivity contribution in [1.82, 2.24) is 25.2 Å². The molecule has 0 bridgehead atoms. The van der Waals surface area contributed by atoms with E-state index in [1.165, 1.54) is 6.39 Å². The fourth-order valence-electron chi connectivity index (χ4n) is 3.10. The number of hydrogen-bond donors (Lipinski definition) is 1. The van der Waals surface area contributed by atoms with Crippen LogP contribution < -0.4 is 10.2 Å². The molecule has 1 N–H and O–H groups in total. The van der Waals surface area contributed by atoms with Gasteiger partial charge in [0.15, 0.2) is 6.39 Å². The number of amides is 1. The Balaban J connectivity index is 1.74. The van der Waals surface area contributed by atoms with Crippen LogP contribution in [-0.2, 0) is 0 Å². The Morgan fingerprint density at radius 3 is 2.88 bits per heavy atom.